The van der Waals surface area contributed by atoms with Crippen LogP contribution >= 0.6 is 11.6 Å². The van der Waals surface area contributed by atoms with E-state index in [9.17, 15) is 22.8 Å². The molecule has 1 fully saturated rings. The summed E-state index contributed by atoms with van der Waals surface area (Å²) < 4.78 is 47.6. The third-order valence-corrected chi connectivity index (χ3v) is 7.53. The maximum Gasteiger partial charge on any atom is 0.420 e. The van der Waals surface area contributed by atoms with Gasteiger partial charge < -0.3 is 20.4 Å². The van der Waals surface area contributed by atoms with Crippen LogP contribution in [0.2, 0.25) is 0 Å². The van der Waals surface area contributed by atoms with E-state index in [4.69, 9.17) is 21.8 Å². The van der Waals surface area contributed by atoms with Crippen LogP contribution in [0.3, 0.4) is 0 Å². The molecule has 3 N–H and O–H groups in total. The number of hydrogen-bond acceptors (Lipinski definition) is 5. The van der Waals surface area contributed by atoms with Crippen LogP contribution < -0.4 is 11.1 Å². The summed E-state index contributed by atoms with van der Waals surface area (Å²) in [6.07, 6.45) is -1.00. The predicted molar refractivity (Wildman–Crippen MR) is 150 cm³/mol. The van der Waals surface area contributed by atoms with E-state index < -0.39 is 11.7 Å². The van der Waals surface area contributed by atoms with Gasteiger partial charge in [-0.15, -0.1) is 11.6 Å². The molecule has 0 radical (unpaired) electrons. The number of carbonyl (C=O) groups is 2. The van der Waals surface area contributed by atoms with Crippen LogP contribution in [0, 0.1) is 0 Å². The van der Waals surface area contributed by atoms with Crippen molar-refractivity contribution in [2.45, 2.75) is 43.8 Å². The molecule has 2 aromatic heterocycles. The molecule has 0 aliphatic carbocycles. The van der Waals surface area contributed by atoms with Crippen molar-refractivity contribution >= 4 is 40.2 Å². The zero-order chi connectivity index (χ0) is 29.1. The van der Waals surface area contributed by atoms with Crippen molar-refractivity contribution in [3.05, 3.63) is 83.2 Å². The molecule has 7 nitrogen and oxygen atoms in total. The van der Waals surface area contributed by atoms with Gasteiger partial charge in [0.05, 0.1) is 12.1 Å². The number of carbonyl (C=O) groups excluding carboxylic acids is 2. The number of amides is 2. The highest BCUT2D eigenvalue weighted by molar-refractivity contribution is 6.20. The molecule has 0 unspecified atom stereocenters. The van der Waals surface area contributed by atoms with E-state index in [1.807, 2.05) is 0 Å². The number of pyridine rings is 1. The van der Waals surface area contributed by atoms with Crippen molar-refractivity contribution in [2.75, 3.05) is 18.8 Å². The Balaban J connectivity index is 1.31. The minimum absolute atomic E-state index is 0.0576. The molecule has 41 heavy (non-hydrogen) atoms. The van der Waals surface area contributed by atoms with E-state index in [0.29, 0.717) is 42.0 Å². The molecule has 11 heteroatoms. The molecule has 5 rings (SSSR count). The average molecular weight is 585 g/mol. The number of fused-ring (bicyclic) bond motifs is 1. The fourth-order valence-electron chi connectivity index (χ4n) is 4.83. The van der Waals surface area contributed by atoms with Gasteiger partial charge in [0.15, 0.2) is 0 Å². The Morgan fingerprint density at radius 3 is 2.44 bits per heavy atom. The van der Waals surface area contributed by atoms with E-state index >= 15 is 0 Å². The summed E-state index contributed by atoms with van der Waals surface area (Å²) in [4.78, 5) is 30.9. The highest BCUT2D eigenvalue weighted by Crippen LogP contribution is 2.39. The van der Waals surface area contributed by atoms with Crippen molar-refractivity contribution in [1.82, 2.24) is 15.2 Å². The summed E-state index contributed by atoms with van der Waals surface area (Å²) in [5, 5.41) is 3.02. The van der Waals surface area contributed by atoms with Gasteiger partial charge >= 0.3 is 6.18 Å². The molecule has 1 aliphatic heterocycles. The molecule has 0 saturated carbocycles. The second-order valence-corrected chi connectivity index (χ2v) is 10.7. The first-order valence-corrected chi connectivity index (χ1v) is 13.6. The number of nitrogens with two attached hydrogens (primary N) is 1. The van der Waals surface area contributed by atoms with Gasteiger partial charge in [0.25, 0.3) is 5.91 Å². The molecular formula is C30H28ClF3N4O3. The third-order valence-electron chi connectivity index (χ3n) is 7.10. The van der Waals surface area contributed by atoms with Gasteiger partial charge in [0, 0.05) is 42.0 Å². The lowest BCUT2D eigenvalue weighted by Crippen LogP contribution is -2.38. The van der Waals surface area contributed by atoms with E-state index in [1.165, 1.54) is 6.07 Å². The number of benzene rings is 2. The lowest BCUT2D eigenvalue weighted by Gasteiger charge is -2.29. The summed E-state index contributed by atoms with van der Waals surface area (Å²) in [6, 6.07) is 14.1. The molecule has 2 aromatic carbocycles. The van der Waals surface area contributed by atoms with Crippen LogP contribution in [0.5, 0.6) is 0 Å². The molecule has 1 saturated heterocycles. The van der Waals surface area contributed by atoms with E-state index in [-0.39, 0.29) is 46.9 Å². The number of rotatable bonds is 7. The maximum atomic E-state index is 14.0. The third kappa shape index (κ3) is 6.82. The zero-order valence-electron chi connectivity index (χ0n) is 22.0. The average Bonchev–Trinajstić information content (AvgIpc) is 3.38. The van der Waals surface area contributed by atoms with Crippen LogP contribution in [0.15, 0.2) is 65.2 Å². The molecule has 1 aliphatic rings. The molecule has 0 bridgehead atoms. The number of furan rings is 1. The number of nitrogen functional groups attached to an aromatic ring is 1. The zero-order valence-corrected chi connectivity index (χ0v) is 22.8. The Morgan fingerprint density at radius 2 is 1.78 bits per heavy atom. The number of nitrogens with zero attached hydrogens (tertiary/aromatic N) is 2. The number of anilines is 1. The number of halogens is 4. The Hall–Kier alpha value is -4.05. The number of alkyl halides is 4. The molecule has 2 amide bonds. The maximum absolute atomic E-state index is 14.0. The molecule has 0 spiro atoms. The van der Waals surface area contributed by atoms with Gasteiger partial charge in [0.2, 0.25) is 5.91 Å². The first-order valence-electron chi connectivity index (χ1n) is 13.2. The van der Waals surface area contributed by atoms with E-state index in [2.05, 4.69) is 10.3 Å². The minimum Gasteiger partial charge on any atom is -0.459 e. The number of piperidine rings is 1. The first-order chi connectivity index (χ1) is 19.6. The van der Waals surface area contributed by atoms with Crippen molar-refractivity contribution in [2.24, 2.45) is 0 Å². The molecule has 4 aromatic rings. The number of likely N-dealkylation sites (tertiary alicyclic amines) is 1. The fourth-order valence-corrected chi connectivity index (χ4v) is 5.02. The summed E-state index contributed by atoms with van der Waals surface area (Å²) in [5.41, 5.74) is 6.52. The summed E-state index contributed by atoms with van der Waals surface area (Å²) >= 11 is 6.13. The second-order valence-electron chi connectivity index (χ2n) is 10.1. The molecule has 0 atom stereocenters. The van der Waals surface area contributed by atoms with Crippen molar-refractivity contribution in [3.8, 4) is 11.1 Å². The topological polar surface area (TPSA) is 101 Å². The monoisotopic (exact) mass is 584 g/mol. The summed E-state index contributed by atoms with van der Waals surface area (Å²) in [5.74, 6) is 0.181. The second kappa shape index (κ2) is 11.8. The molecule has 214 valence electrons. The Labute approximate surface area is 239 Å². The first kappa shape index (κ1) is 28.5. The van der Waals surface area contributed by atoms with E-state index in [1.54, 1.807) is 53.6 Å². The van der Waals surface area contributed by atoms with Crippen LogP contribution in [0.1, 0.15) is 46.5 Å². The normalized spacial score (nSPS) is 14.4. The highest BCUT2D eigenvalue weighted by Gasteiger charge is 2.35. The standard InChI is InChI=1S/C30H28ClF3N4O3/c31-23-9-11-38(12-10-23)29(40)20-5-3-19(4-6-20)21-13-22-14-24(41-28(22)25(15-21)30(32,33)34)17-37-27(39)8-2-18-1-7-26(35)36-16-18/h1,3-7,13-16,23H,2,8-12,17H2,(H2,35,36)(H,37,39). The lowest BCUT2D eigenvalue weighted by atomic mass is 9.99. The van der Waals surface area contributed by atoms with Crippen LogP contribution in [-0.2, 0) is 23.9 Å². The van der Waals surface area contributed by atoms with Crippen LogP contribution in [0.25, 0.3) is 22.1 Å². The van der Waals surface area contributed by atoms with Crippen molar-refractivity contribution in [1.29, 1.82) is 0 Å². The van der Waals surface area contributed by atoms with Crippen LogP contribution in [0.4, 0.5) is 19.0 Å². The number of hydrogen-bond donors (Lipinski definition) is 2. The lowest BCUT2D eigenvalue weighted by molar-refractivity contribution is -0.136. The van der Waals surface area contributed by atoms with Gasteiger partial charge in [-0.1, -0.05) is 18.2 Å². The largest absolute Gasteiger partial charge is 0.459 e. The number of nitrogens with one attached hydrogen (secondary N) is 1. The number of aromatic nitrogens is 1. The molecular weight excluding hydrogens is 557 g/mol. The Morgan fingerprint density at radius 1 is 1.05 bits per heavy atom. The molecule has 3 heterocycles. The highest BCUT2D eigenvalue weighted by atomic mass is 35.5. The van der Waals surface area contributed by atoms with Gasteiger partial charge in [0.1, 0.15) is 17.2 Å². The quantitative estimate of drug-likeness (QED) is 0.252. The predicted octanol–water partition coefficient (Wildman–Crippen LogP) is 6.19. The Bertz CT molecular complexity index is 1540. The smallest absolute Gasteiger partial charge is 0.420 e. The Kier molecular flexibility index (Phi) is 8.21. The fraction of sp³-hybridized carbons (Fsp3) is 0.300. The van der Waals surface area contributed by atoms with Gasteiger partial charge in [-0.05, 0) is 72.4 Å². The minimum atomic E-state index is -4.66. The van der Waals surface area contributed by atoms with E-state index in [0.717, 1.165) is 24.5 Å². The number of aryl methyl sites for hydroxylation is 1. The van der Waals surface area contributed by atoms with Gasteiger partial charge in [-0.2, -0.15) is 13.2 Å². The van der Waals surface area contributed by atoms with Crippen molar-refractivity contribution in [3.63, 3.8) is 0 Å². The van der Waals surface area contributed by atoms with Crippen molar-refractivity contribution < 1.29 is 27.2 Å². The summed E-state index contributed by atoms with van der Waals surface area (Å²) in [7, 11) is 0. The summed E-state index contributed by atoms with van der Waals surface area (Å²) in [6.45, 7) is 1.09. The van der Waals surface area contributed by atoms with Gasteiger partial charge in [-0.3, -0.25) is 9.59 Å². The van der Waals surface area contributed by atoms with Gasteiger partial charge in [-0.25, -0.2) is 4.98 Å². The SMILES string of the molecule is Nc1ccc(CCC(=O)NCc2cc3cc(-c4ccc(C(=O)N5CCC(Cl)CC5)cc4)cc(C(F)(F)F)c3o2)cn1. The van der Waals surface area contributed by atoms with Crippen LogP contribution in [-0.4, -0.2) is 40.2 Å².